The summed E-state index contributed by atoms with van der Waals surface area (Å²) in [5.74, 6) is -2.03. The van der Waals surface area contributed by atoms with Crippen LogP contribution in [-0.2, 0) is 48.1 Å². The van der Waals surface area contributed by atoms with Gasteiger partial charge in [0.15, 0.2) is 11.6 Å². The maximum atomic E-state index is 14.5. The zero-order chi connectivity index (χ0) is 58.0. The molecule has 0 radical (unpaired) electrons. The van der Waals surface area contributed by atoms with Crippen LogP contribution < -0.4 is 21.3 Å². The molecule has 4 aromatic carbocycles. The molecule has 1 saturated carbocycles. The SMILES string of the molecule is CC(C)CC(NC(=O)C(CCc1ccccc1)NC(=O)C1CCC(N2CCN(Cc3ccc(-n4c(O)nnc4-c4cc(C(C)C)c(O)cc4O)cc3)CC2)CC1)C(=O)NC(Cc1ccccc1)C(=O)NC(CC(C)C)C(=O)C1(C)CO1. The number of aromatic nitrogens is 3. The number of hydrogen-bond donors (Lipinski definition) is 7. The van der Waals surface area contributed by atoms with Crippen LogP contribution in [0.3, 0.4) is 0 Å². The lowest BCUT2D eigenvalue weighted by Gasteiger charge is -2.42. The molecule has 7 N–H and O–H groups in total. The quantitative estimate of drug-likeness (QED) is 0.0289. The molecular formula is C63H83N9O9. The molecular weight excluding hydrogens is 1030 g/mol. The highest BCUT2D eigenvalue weighted by molar-refractivity contribution is 5.99. The normalized spacial score (nSPS) is 20.1. The van der Waals surface area contributed by atoms with E-state index in [0.717, 1.165) is 62.3 Å². The highest BCUT2D eigenvalue weighted by Crippen LogP contribution is 2.39. The van der Waals surface area contributed by atoms with Gasteiger partial charge in [0.25, 0.3) is 0 Å². The number of aromatic hydroxyl groups is 3. The van der Waals surface area contributed by atoms with E-state index in [-0.39, 0.29) is 78.1 Å². The Morgan fingerprint density at radius 3 is 1.81 bits per heavy atom. The molecule has 18 heteroatoms. The summed E-state index contributed by atoms with van der Waals surface area (Å²) in [6, 6.07) is 26.1. The lowest BCUT2D eigenvalue weighted by Crippen LogP contribution is -2.59. The standard InChI is InChI=1S/C63H83N9O9/c1-39(2)32-51(56(75)63(7)38-81-63)65-61(79)53(34-43-16-12-9-13-17-43)67-60(78)52(33-40(3)4)66-59(77)50(27-20-42-14-10-8-11-15-42)64-58(76)45-21-25-46(26-22-45)71-30-28-70(29-31-71)37-44-18-23-47(24-19-44)72-57(68-69-62(72)80)49-35-48(41(5)6)54(73)36-55(49)74/h8-19,23-24,35-36,39-41,45-46,50-53,73-74H,20-22,25-34,37-38H2,1-7H3,(H,64,76)(H,65,79)(H,66,77)(H,67,78)(H,69,80). The first-order valence-corrected chi connectivity index (χ1v) is 29.0. The molecule has 18 nitrogen and oxygen atoms in total. The zero-order valence-corrected chi connectivity index (χ0v) is 48.1. The number of nitrogens with one attached hydrogen (secondary N) is 4. The molecule has 434 valence electrons. The first-order chi connectivity index (χ1) is 38.7. The summed E-state index contributed by atoms with van der Waals surface area (Å²) in [4.78, 5) is 75.9. The van der Waals surface area contributed by atoms with Gasteiger partial charge in [0, 0.05) is 57.2 Å². The number of ketones is 1. The number of amides is 4. The number of benzene rings is 4. The molecule has 3 fully saturated rings. The van der Waals surface area contributed by atoms with Crippen molar-refractivity contribution in [2.24, 2.45) is 17.8 Å². The topological polar surface area (TPSA) is 244 Å². The number of carbonyl (C=O) groups excluding carboxylic acids is 5. The third kappa shape index (κ3) is 15.9. The van der Waals surface area contributed by atoms with Crippen molar-refractivity contribution in [2.45, 2.75) is 155 Å². The number of phenols is 2. The lowest BCUT2D eigenvalue weighted by molar-refractivity contribution is -0.135. The van der Waals surface area contributed by atoms with Crippen LogP contribution in [0.15, 0.2) is 97.1 Å². The van der Waals surface area contributed by atoms with E-state index >= 15 is 0 Å². The van der Waals surface area contributed by atoms with Gasteiger partial charge in [0.1, 0.15) is 35.2 Å². The van der Waals surface area contributed by atoms with Gasteiger partial charge >= 0.3 is 6.01 Å². The minimum absolute atomic E-state index is 0.0134. The summed E-state index contributed by atoms with van der Waals surface area (Å²) < 4.78 is 6.94. The predicted octanol–water partition coefficient (Wildman–Crippen LogP) is 7.12. The molecule has 1 aliphatic carbocycles. The molecule has 5 aromatic rings. The molecule has 4 amide bonds. The molecule has 81 heavy (non-hydrogen) atoms. The average Bonchev–Trinajstić information content (AvgIpc) is 4.15. The minimum Gasteiger partial charge on any atom is -0.508 e. The molecule has 3 aliphatic rings. The molecule has 8 rings (SSSR count). The smallest absolute Gasteiger partial charge is 0.319 e. The maximum Gasteiger partial charge on any atom is 0.319 e. The van der Waals surface area contributed by atoms with Gasteiger partial charge in [-0.3, -0.25) is 33.8 Å². The Morgan fingerprint density at radius 1 is 0.642 bits per heavy atom. The second-order valence-corrected chi connectivity index (χ2v) is 23.8. The van der Waals surface area contributed by atoms with Gasteiger partial charge < -0.3 is 41.3 Å². The summed E-state index contributed by atoms with van der Waals surface area (Å²) >= 11 is 0. The number of aryl methyl sites for hydroxylation is 1. The predicted molar refractivity (Wildman–Crippen MR) is 309 cm³/mol. The molecule has 1 aromatic heterocycles. The van der Waals surface area contributed by atoms with E-state index in [1.807, 2.05) is 126 Å². The Morgan fingerprint density at radius 2 is 1.21 bits per heavy atom. The Kier molecular flexibility index (Phi) is 20.0. The minimum atomic E-state index is -1.06. The van der Waals surface area contributed by atoms with Gasteiger partial charge in [0.05, 0.1) is 23.9 Å². The van der Waals surface area contributed by atoms with Gasteiger partial charge in [-0.25, -0.2) is 4.57 Å². The third-order valence-electron chi connectivity index (χ3n) is 16.1. The fourth-order valence-corrected chi connectivity index (χ4v) is 11.3. The van der Waals surface area contributed by atoms with Crippen LogP contribution in [0, 0.1) is 17.8 Å². The van der Waals surface area contributed by atoms with Gasteiger partial charge in [-0.15, -0.1) is 5.10 Å². The van der Waals surface area contributed by atoms with Crippen LogP contribution in [-0.4, -0.2) is 138 Å². The zero-order valence-electron chi connectivity index (χ0n) is 48.1. The molecule has 2 saturated heterocycles. The Labute approximate surface area is 476 Å². The van der Waals surface area contributed by atoms with Crippen molar-refractivity contribution < 1.29 is 44.0 Å². The van der Waals surface area contributed by atoms with Crippen LogP contribution in [0.2, 0.25) is 0 Å². The van der Waals surface area contributed by atoms with E-state index in [9.17, 15) is 39.3 Å². The van der Waals surface area contributed by atoms with Crippen LogP contribution in [0.25, 0.3) is 17.1 Å². The van der Waals surface area contributed by atoms with Gasteiger partial charge in [-0.05, 0) is 116 Å². The molecule has 2 aliphatic heterocycles. The van der Waals surface area contributed by atoms with Crippen LogP contribution in [0.1, 0.15) is 122 Å². The van der Waals surface area contributed by atoms with E-state index < -0.39 is 47.5 Å². The Hall–Kier alpha value is -7.15. The number of nitrogens with zero attached hydrogens (tertiary/aromatic N) is 5. The molecule has 0 bridgehead atoms. The third-order valence-corrected chi connectivity index (χ3v) is 16.1. The Bertz CT molecular complexity index is 2930. The summed E-state index contributed by atoms with van der Waals surface area (Å²) in [6.45, 7) is 18.0. The van der Waals surface area contributed by atoms with E-state index in [1.54, 1.807) is 13.0 Å². The number of epoxide rings is 1. The van der Waals surface area contributed by atoms with Crippen molar-refractivity contribution in [1.82, 2.24) is 45.8 Å². The van der Waals surface area contributed by atoms with Crippen LogP contribution >= 0.6 is 0 Å². The van der Waals surface area contributed by atoms with Crippen molar-refractivity contribution >= 4 is 29.4 Å². The highest BCUT2D eigenvalue weighted by Gasteiger charge is 2.50. The number of piperazine rings is 1. The summed E-state index contributed by atoms with van der Waals surface area (Å²) in [7, 11) is 0. The van der Waals surface area contributed by atoms with Crippen LogP contribution in [0.4, 0.5) is 0 Å². The summed E-state index contributed by atoms with van der Waals surface area (Å²) in [5, 5.41) is 52.0. The number of rotatable bonds is 25. The van der Waals surface area contributed by atoms with Crippen molar-refractivity contribution in [3.63, 3.8) is 0 Å². The van der Waals surface area contributed by atoms with Gasteiger partial charge in [0.2, 0.25) is 23.6 Å². The van der Waals surface area contributed by atoms with Gasteiger partial charge in [-0.1, -0.05) is 119 Å². The lowest BCUT2D eigenvalue weighted by atomic mass is 9.84. The van der Waals surface area contributed by atoms with E-state index in [0.29, 0.717) is 55.0 Å². The van der Waals surface area contributed by atoms with Crippen molar-refractivity contribution in [1.29, 1.82) is 0 Å². The molecule has 5 unspecified atom stereocenters. The number of ether oxygens (including phenoxy) is 1. The maximum absolute atomic E-state index is 14.5. The van der Waals surface area contributed by atoms with E-state index in [1.165, 1.54) is 10.6 Å². The Balaban J connectivity index is 0.862. The number of Topliss-reactive ketones (excluding diaryl/α,β-unsaturated/α-hetero) is 1. The van der Waals surface area contributed by atoms with Gasteiger partial charge in [-0.2, -0.15) is 0 Å². The van der Waals surface area contributed by atoms with Crippen molar-refractivity contribution in [3.05, 3.63) is 119 Å². The van der Waals surface area contributed by atoms with E-state index in [4.69, 9.17) is 4.74 Å². The second-order valence-electron chi connectivity index (χ2n) is 23.8. The molecule has 3 heterocycles. The average molecular weight is 1110 g/mol. The number of hydrogen-bond acceptors (Lipinski definition) is 13. The summed E-state index contributed by atoms with van der Waals surface area (Å²) in [6.07, 6.45) is 4.74. The first kappa shape index (κ1) is 60.0. The highest BCUT2D eigenvalue weighted by atomic mass is 16.6. The fraction of sp³-hybridized carbons (Fsp3) is 0.508. The summed E-state index contributed by atoms with van der Waals surface area (Å²) in [5.41, 5.74) is 3.58. The second kappa shape index (κ2) is 27.1. The first-order valence-electron chi connectivity index (χ1n) is 29.0. The van der Waals surface area contributed by atoms with Crippen LogP contribution in [0.5, 0.6) is 17.5 Å². The number of carbonyl (C=O) groups is 5. The fourth-order valence-electron chi connectivity index (χ4n) is 11.3. The van der Waals surface area contributed by atoms with Crippen molar-refractivity contribution in [3.8, 4) is 34.6 Å². The monoisotopic (exact) mass is 1110 g/mol. The van der Waals surface area contributed by atoms with Crippen molar-refractivity contribution in [2.75, 3.05) is 32.8 Å². The van der Waals surface area contributed by atoms with E-state index in [2.05, 4.69) is 41.3 Å². The largest absolute Gasteiger partial charge is 0.508 e. The molecule has 5 atom stereocenters. The molecule has 0 spiro atoms. The number of phenolic OH excluding ortho intramolecular Hbond substituents is 2.